The molecule has 3 aliphatic carbocycles. The second-order valence-corrected chi connectivity index (χ2v) is 9.92. The zero-order valence-corrected chi connectivity index (χ0v) is 19.1. The highest BCUT2D eigenvalue weighted by molar-refractivity contribution is 6.24. The van der Waals surface area contributed by atoms with Gasteiger partial charge in [0.05, 0.1) is 5.56 Å². The molecule has 1 aromatic carbocycles. The molecule has 0 radical (unpaired) electrons. The van der Waals surface area contributed by atoms with E-state index in [2.05, 4.69) is 10.6 Å². The summed E-state index contributed by atoms with van der Waals surface area (Å²) >= 11 is 0. The molecule has 10 nitrogen and oxygen atoms in total. The molecule has 5 rings (SSSR count). The Morgan fingerprint density at radius 3 is 2.54 bits per heavy atom. The standard InChI is InChI=1S/C25H29N3O7/c26-24(34)19-16(29)9-14-8-13-7-11-1-2-12(10-28-15-3-5-27-6-4-15)20(30)17(11)21(31)18(13)22(32)25(14,35)23(19)33/h1-2,13-15,27-30,32,35H,3-10H2,(H2,26,34)/t13-,14-,25-/m0/s1. The van der Waals surface area contributed by atoms with Crippen LogP contribution in [0.4, 0.5) is 0 Å². The van der Waals surface area contributed by atoms with Crippen molar-refractivity contribution in [2.75, 3.05) is 13.1 Å². The minimum Gasteiger partial charge on any atom is -0.511 e. The fourth-order valence-electron chi connectivity index (χ4n) is 6.06. The molecule has 3 atom stereocenters. The number of nitrogens with one attached hydrogen (secondary N) is 2. The number of hydrogen-bond acceptors (Lipinski definition) is 9. The Bertz CT molecular complexity index is 1200. The first-order chi connectivity index (χ1) is 16.6. The quantitative estimate of drug-likeness (QED) is 0.298. The zero-order chi connectivity index (χ0) is 25.1. The van der Waals surface area contributed by atoms with E-state index in [1.165, 1.54) is 0 Å². The molecule has 0 unspecified atom stereocenters. The molecule has 1 amide bonds. The third-order valence-electron chi connectivity index (χ3n) is 7.94. The number of phenols is 1. The summed E-state index contributed by atoms with van der Waals surface area (Å²) in [6.07, 6.45) is 2.12. The van der Waals surface area contributed by atoms with Crippen LogP contribution in [0.3, 0.4) is 0 Å². The van der Waals surface area contributed by atoms with Crippen molar-refractivity contribution in [2.24, 2.45) is 17.6 Å². The lowest BCUT2D eigenvalue weighted by Crippen LogP contribution is -2.57. The number of aromatic hydroxyl groups is 1. The Hall–Kier alpha value is -3.21. The van der Waals surface area contributed by atoms with Crippen LogP contribution in [0.15, 0.2) is 34.8 Å². The molecule has 1 fully saturated rings. The van der Waals surface area contributed by atoms with Gasteiger partial charge in [-0.1, -0.05) is 12.1 Å². The van der Waals surface area contributed by atoms with E-state index in [9.17, 15) is 34.8 Å². The molecule has 186 valence electrons. The number of nitrogens with two attached hydrogens (primary N) is 1. The molecule has 0 saturated carbocycles. The van der Waals surface area contributed by atoms with Crippen LogP contribution in [0.25, 0.3) is 0 Å². The molecular weight excluding hydrogens is 454 g/mol. The molecule has 10 heteroatoms. The number of allylic oxidation sites excluding steroid dienone is 2. The Balaban J connectivity index is 1.51. The zero-order valence-electron chi connectivity index (χ0n) is 19.1. The van der Waals surface area contributed by atoms with Crippen LogP contribution >= 0.6 is 0 Å². The molecule has 8 N–H and O–H groups in total. The number of aliphatic hydroxyl groups excluding tert-OH is 2. The van der Waals surface area contributed by atoms with Crippen LogP contribution in [0, 0.1) is 11.8 Å². The van der Waals surface area contributed by atoms with Crippen molar-refractivity contribution < 1.29 is 34.8 Å². The number of phenolic OH excluding ortho intramolecular Hbond substituents is 1. The van der Waals surface area contributed by atoms with E-state index in [0.717, 1.165) is 25.9 Å². The number of rotatable bonds is 4. The lowest BCUT2D eigenvalue weighted by molar-refractivity contribution is -0.144. The number of piperidine rings is 1. The molecule has 1 aromatic rings. The maximum Gasteiger partial charge on any atom is 0.255 e. The Morgan fingerprint density at radius 1 is 1.14 bits per heavy atom. The van der Waals surface area contributed by atoms with Crippen molar-refractivity contribution >= 4 is 17.5 Å². The van der Waals surface area contributed by atoms with Gasteiger partial charge in [0.15, 0.2) is 11.4 Å². The summed E-state index contributed by atoms with van der Waals surface area (Å²) in [4.78, 5) is 38.3. The van der Waals surface area contributed by atoms with Gasteiger partial charge in [-0.05, 0) is 50.3 Å². The molecule has 1 saturated heterocycles. The lowest BCUT2D eigenvalue weighted by atomic mass is 9.60. The van der Waals surface area contributed by atoms with Crippen LogP contribution in [0.1, 0.15) is 47.2 Å². The van der Waals surface area contributed by atoms with Gasteiger partial charge in [-0.15, -0.1) is 0 Å². The summed E-state index contributed by atoms with van der Waals surface area (Å²) in [5, 5.41) is 50.3. The molecule has 0 spiro atoms. The van der Waals surface area contributed by atoms with Gasteiger partial charge in [0.2, 0.25) is 5.78 Å². The Morgan fingerprint density at radius 2 is 1.86 bits per heavy atom. The largest absolute Gasteiger partial charge is 0.511 e. The van der Waals surface area contributed by atoms with E-state index in [1.54, 1.807) is 12.1 Å². The van der Waals surface area contributed by atoms with Crippen LogP contribution in [0.5, 0.6) is 5.75 Å². The molecule has 1 heterocycles. The minimum atomic E-state index is -2.54. The third kappa shape index (κ3) is 3.55. The maximum atomic E-state index is 13.6. The smallest absolute Gasteiger partial charge is 0.255 e. The number of carbonyl (C=O) groups is 3. The fourth-order valence-corrected chi connectivity index (χ4v) is 6.06. The van der Waals surface area contributed by atoms with Gasteiger partial charge >= 0.3 is 0 Å². The van der Waals surface area contributed by atoms with E-state index < -0.39 is 52.0 Å². The first-order valence-electron chi connectivity index (χ1n) is 11.9. The van der Waals surface area contributed by atoms with Gasteiger partial charge in [-0.25, -0.2) is 0 Å². The number of hydrogen-bond donors (Lipinski definition) is 7. The van der Waals surface area contributed by atoms with Crippen molar-refractivity contribution in [1.29, 1.82) is 0 Å². The van der Waals surface area contributed by atoms with E-state index in [-0.39, 0.29) is 29.7 Å². The number of amides is 1. The normalized spacial score (nSPS) is 29.1. The minimum absolute atomic E-state index is 0.0474. The number of benzene rings is 1. The summed E-state index contributed by atoms with van der Waals surface area (Å²) in [6, 6.07) is 3.86. The van der Waals surface area contributed by atoms with E-state index in [1.807, 2.05) is 0 Å². The highest BCUT2D eigenvalue weighted by Crippen LogP contribution is 2.51. The Kier molecular flexibility index (Phi) is 5.70. The SMILES string of the molecule is NC(=O)C1=C(O)C[C@@H]2C[C@@H]3Cc4ccc(CNC5CCNCC5)c(O)c4C(=O)C3=C(O)[C@]2(O)C1=O. The van der Waals surface area contributed by atoms with Crippen LogP contribution in [-0.4, -0.2) is 62.6 Å². The summed E-state index contributed by atoms with van der Waals surface area (Å²) in [6.45, 7) is 2.18. The first kappa shape index (κ1) is 23.5. The molecule has 35 heavy (non-hydrogen) atoms. The number of ketones is 2. The van der Waals surface area contributed by atoms with Crippen molar-refractivity contribution in [3.8, 4) is 5.75 Å². The maximum absolute atomic E-state index is 13.6. The summed E-state index contributed by atoms with van der Waals surface area (Å²) in [7, 11) is 0. The van der Waals surface area contributed by atoms with Crippen molar-refractivity contribution in [3.63, 3.8) is 0 Å². The predicted molar refractivity (Wildman–Crippen MR) is 124 cm³/mol. The average Bonchev–Trinajstić information content (AvgIpc) is 2.81. The van der Waals surface area contributed by atoms with E-state index >= 15 is 0 Å². The second-order valence-electron chi connectivity index (χ2n) is 9.92. The molecule has 1 aliphatic heterocycles. The van der Waals surface area contributed by atoms with Gasteiger partial charge in [0.1, 0.15) is 22.8 Å². The van der Waals surface area contributed by atoms with Crippen LogP contribution in [0.2, 0.25) is 0 Å². The highest BCUT2D eigenvalue weighted by atomic mass is 16.3. The number of aliphatic hydroxyl groups is 3. The molecule has 0 bridgehead atoms. The monoisotopic (exact) mass is 483 g/mol. The van der Waals surface area contributed by atoms with Gasteiger partial charge in [0.25, 0.3) is 5.91 Å². The number of Topliss-reactive ketones (excluding diaryl/α,β-unsaturated/α-hetero) is 2. The number of carbonyl (C=O) groups excluding carboxylic acids is 3. The van der Waals surface area contributed by atoms with Crippen molar-refractivity contribution in [2.45, 2.75) is 50.3 Å². The van der Waals surface area contributed by atoms with Gasteiger partial charge in [-0.2, -0.15) is 0 Å². The van der Waals surface area contributed by atoms with Gasteiger partial charge in [-0.3, -0.25) is 14.4 Å². The Labute approximate surface area is 201 Å². The predicted octanol–water partition coefficient (Wildman–Crippen LogP) is 0.422. The van der Waals surface area contributed by atoms with Gasteiger partial charge in [0, 0.05) is 36.1 Å². The van der Waals surface area contributed by atoms with Crippen LogP contribution in [-0.2, 0) is 22.6 Å². The third-order valence-corrected chi connectivity index (χ3v) is 7.94. The summed E-state index contributed by atoms with van der Waals surface area (Å²) < 4.78 is 0. The molecule has 4 aliphatic rings. The fraction of sp³-hybridized carbons (Fsp3) is 0.480. The molecule has 0 aromatic heterocycles. The topological polar surface area (TPSA) is 182 Å². The van der Waals surface area contributed by atoms with E-state index in [4.69, 9.17) is 5.73 Å². The van der Waals surface area contributed by atoms with Crippen molar-refractivity contribution in [3.05, 3.63) is 51.5 Å². The lowest BCUT2D eigenvalue weighted by Gasteiger charge is -2.45. The molecular formula is C25H29N3O7. The van der Waals surface area contributed by atoms with Gasteiger partial charge < -0.3 is 36.8 Å². The summed E-state index contributed by atoms with van der Waals surface area (Å²) in [5.74, 6) is -6.09. The summed E-state index contributed by atoms with van der Waals surface area (Å²) in [5.41, 5.74) is 2.97. The highest BCUT2D eigenvalue weighted by Gasteiger charge is 2.59. The average molecular weight is 484 g/mol. The second kappa shape index (κ2) is 8.47. The van der Waals surface area contributed by atoms with E-state index in [0.29, 0.717) is 30.1 Å². The van der Waals surface area contributed by atoms with Crippen LogP contribution < -0.4 is 16.4 Å². The number of fused-ring (bicyclic) bond motifs is 3. The number of primary amides is 1. The van der Waals surface area contributed by atoms with Crippen molar-refractivity contribution in [1.82, 2.24) is 10.6 Å². The first-order valence-corrected chi connectivity index (χ1v) is 11.9.